The van der Waals surface area contributed by atoms with E-state index in [1.165, 1.54) is 104 Å². The van der Waals surface area contributed by atoms with Crippen molar-refractivity contribution in [3.63, 3.8) is 0 Å². The van der Waals surface area contributed by atoms with Crippen molar-refractivity contribution in [2.24, 2.45) is 7.05 Å². The van der Waals surface area contributed by atoms with Crippen molar-refractivity contribution in [1.82, 2.24) is 18.3 Å². The molecule has 254 valence electrons. The van der Waals surface area contributed by atoms with Crippen LogP contribution in [0.2, 0.25) is 0 Å². The second-order valence-electron chi connectivity index (χ2n) is 14.6. The van der Waals surface area contributed by atoms with Crippen LogP contribution < -0.4 is 0 Å². The maximum absolute atomic E-state index is 2.52. The molecular weight excluding hydrogens is 657 g/mol. The summed E-state index contributed by atoms with van der Waals surface area (Å²) in [5.74, 6) is 0. The minimum atomic E-state index is 0.747. The second-order valence-corrected chi connectivity index (χ2v) is 14.6. The Morgan fingerprint density at radius 2 is 0.889 bits per heavy atom. The Labute approximate surface area is 310 Å². The van der Waals surface area contributed by atoms with Crippen LogP contribution in [-0.4, -0.2) is 18.3 Å². The quantitative estimate of drug-likeness (QED) is 0.175. The zero-order valence-electron chi connectivity index (χ0n) is 29.7. The highest BCUT2D eigenvalue weighted by molar-refractivity contribution is 6.29. The van der Waals surface area contributed by atoms with Gasteiger partial charge in [-0.1, -0.05) is 109 Å². The monoisotopic (exact) mass is 690 g/mol. The number of fused-ring (bicyclic) bond motifs is 14. The molecule has 12 aromatic rings. The summed E-state index contributed by atoms with van der Waals surface area (Å²) in [4.78, 5) is 0. The number of rotatable bonds is 4. The summed E-state index contributed by atoms with van der Waals surface area (Å²) in [6.45, 7) is 0.747. The molecule has 0 fully saturated rings. The molecule has 0 amide bonds. The average Bonchev–Trinajstić information content (AvgIpc) is 3.93. The van der Waals surface area contributed by atoms with Gasteiger partial charge in [-0.3, -0.25) is 0 Å². The molecule has 0 saturated carbocycles. The number of aromatic nitrogens is 4. The van der Waals surface area contributed by atoms with E-state index in [-0.39, 0.29) is 0 Å². The molecule has 4 nitrogen and oxygen atoms in total. The van der Waals surface area contributed by atoms with E-state index in [1.807, 2.05) is 0 Å². The molecule has 12 rings (SSSR count). The molecule has 0 aliphatic heterocycles. The Kier molecular flexibility index (Phi) is 6.01. The van der Waals surface area contributed by atoms with E-state index in [1.54, 1.807) is 0 Å². The average molecular weight is 691 g/mol. The number of benzene rings is 8. The van der Waals surface area contributed by atoms with Gasteiger partial charge in [0.1, 0.15) is 0 Å². The second kappa shape index (κ2) is 11.0. The number of hydrogen-bond acceptors (Lipinski definition) is 0. The van der Waals surface area contributed by atoms with E-state index < -0.39 is 0 Å². The van der Waals surface area contributed by atoms with E-state index >= 15 is 0 Å². The van der Waals surface area contributed by atoms with Gasteiger partial charge >= 0.3 is 0 Å². The highest BCUT2D eigenvalue weighted by atomic mass is 15.0. The van der Waals surface area contributed by atoms with E-state index in [2.05, 4.69) is 201 Å². The zero-order chi connectivity index (χ0) is 35.5. The summed E-state index contributed by atoms with van der Waals surface area (Å²) in [5.41, 5.74) is 13.5. The van der Waals surface area contributed by atoms with Gasteiger partial charge in [-0.25, -0.2) is 0 Å². The lowest BCUT2D eigenvalue weighted by molar-refractivity contribution is 0.870. The van der Waals surface area contributed by atoms with Crippen molar-refractivity contribution in [3.05, 3.63) is 181 Å². The summed E-state index contributed by atoms with van der Waals surface area (Å²) >= 11 is 0. The standard InChI is InChI=1S/C50H34N4/c1-51-40-21-11-9-19-37(40)47-43(51)28-29-45-48(47)39-25-24-32(30-46(39)53(45)33-14-4-2-5-15-33)31-52-41-22-12-10-20-38(41)49-44(52)27-26-36-35-18-8-13-23-42(35)54(50(36)49)34-16-6-3-7-17-34/h2-30H,31H2,1H3. The van der Waals surface area contributed by atoms with Crippen molar-refractivity contribution in [2.45, 2.75) is 6.54 Å². The SMILES string of the molecule is Cn1c2ccccc2c2c3c4ccc(Cn5c6ccccc6c6c5ccc5c7ccccc7n(-c7ccccc7)c56)cc4n(-c4ccccc4)c3ccc21. The first-order valence-corrected chi connectivity index (χ1v) is 18.7. The Bertz CT molecular complexity index is 3460. The van der Waals surface area contributed by atoms with Gasteiger partial charge in [0.25, 0.3) is 0 Å². The fraction of sp³-hybridized carbons (Fsp3) is 0.0400. The molecule has 0 atom stereocenters. The first kappa shape index (κ1) is 29.5. The number of aryl methyl sites for hydroxylation is 1. The van der Waals surface area contributed by atoms with Crippen molar-refractivity contribution in [1.29, 1.82) is 0 Å². The van der Waals surface area contributed by atoms with Crippen molar-refractivity contribution in [2.75, 3.05) is 0 Å². The lowest BCUT2D eigenvalue weighted by Gasteiger charge is -2.11. The molecule has 0 radical (unpaired) electrons. The lowest BCUT2D eigenvalue weighted by Crippen LogP contribution is -2.00. The molecule has 0 N–H and O–H groups in total. The minimum Gasteiger partial charge on any atom is -0.344 e. The topological polar surface area (TPSA) is 19.7 Å². The molecular formula is C50H34N4. The molecule has 8 aromatic carbocycles. The Balaban J connectivity index is 1.14. The third-order valence-corrected chi connectivity index (χ3v) is 11.8. The molecule has 4 aromatic heterocycles. The first-order valence-electron chi connectivity index (χ1n) is 18.7. The molecule has 0 bridgehead atoms. The third kappa shape index (κ3) is 3.92. The molecule has 54 heavy (non-hydrogen) atoms. The van der Waals surface area contributed by atoms with Crippen LogP contribution in [0.1, 0.15) is 5.56 Å². The number of nitrogens with zero attached hydrogens (tertiary/aromatic N) is 4. The summed E-state index contributed by atoms with van der Waals surface area (Å²) in [5, 5.41) is 10.3. The minimum absolute atomic E-state index is 0.747. The maximum Gasteiger partial charge on any atom is 0.0641 e. The van der Waals surface area contributed by atoms with Gasteiger partial charge in [0.2, 0.25) is 0 Å². The third-order valence-electron chi connectivity index (χ3n) is 11.8. The molecule has 0 spiro atoms. The summed E-state index contributed by atoms with van der Waals surface area (Å²) in [6.07, 6.45) is 0. The largest absolute Gasteiger partial charge is 0.344 e. The highest BCUT2D eigenvalue weighted by Gasteiger charge is 2.22. The fourth-order valence-electron chi connectivity index (χ4n) is 9.54. The predicted molar refractivity (Wildman–Crippen MR) is 228 cm³/mol. The van der Waals surface area contributed by atoms with Crippen LogP contribution in [0.15, 0.2) is 176 Å². The van der Waals surface area contributed by atoms with Gasteiger partial charge < -0.3 is 18.3 Å². The van der Waals surface area contributed by atoms with Crippen LogP contribution in [-0.2, 0) is 13.6 Å². The van der Waals surface area contributed by atoms with E-state index in [0.717, 1.165) is 6.54 Å². The van der Waals surface area contributed by atoms with Crippen molar-refractivity contribution in [3.8, 4) is 11.4 Å². The van der Waals surface area contributed by atoms with Crippen LogP contribution >= 0.6 is 0 Å². The Hall–Kier alpha value is -7.04. The predicted octanol–water partition coefficient (Wildman–Crippen LogP) is 12.7. The van der Waals surface area contributed by atoms with Gasteiger partial charge in [0.05, 0.1) is 27.6 Å². The van der Waals surface area contributed by atoms with Crippen LogP contribution in [0.25, 0.3) is 98.6 Å². The van der Waals surface area contributed by atoms with Crippen LogP contribution in [0.5, 0.6) is 0 Å². The fourth-order valence-corrected chi connectivity index (χ4v) is 9.54. The smallest absolute Gasteiger partial charge is 0.0641 e. The molecule has 4 heterocycles. The van der Waals surface area contributed by atoms with Gasteiger partial charge in [-0.2, -0.15) is 0 Å². The van der Waals surface area contributed by atoms with E-state index in [9.17, 15) is 0 Å². The highest BCUT2D eigenvalue weighted by Crippen LogP contribution is 2.43. The van der Waals surface area contributed by atoms with Gasteiger partial charge in [0, 0.05) is 84.6 Å². The van der Waals surface area contributed by atoms with Crippen LogP contribution in [0, 0.1) is 0 Å². The normalized spacial score (nSPS) is 12.2. The van der Waals surface area contributed by atoms with Gasteiger partial charge in [-0.15, -0.1) is 0 Å². The van der Waals surface area contributed by atoms with E-state index in [0.29, 0.717) is 0 Å². The van der Waals surface area contributed by atoms with Crippen LogP contribution in [0.4, 0.5) is 0 Å². The van der Waals surface area contributed by atoms with Gasteiger partial charge in [-0.05, 0) is 72.3 Å². The Morgan fingerprint density at radius 1 is 0.352 bits per heavy atom. The number of hydrogen-bond donors (Lipinski definition) is 0. The molecule has 0 saturated heterocycles. The van der Waals surface area contributed by atoms with E-state index in [4.69, 9.17) is 0 Å². The van der Waals surface area contributed by atoms with Crippen molar-refractivity contribution >= 4 is 87.2 Å². The summed E-state index contributed by atoms with van der Waals surface area (Å²) in [6, 6.07) is 64.6. The van der Waals surface area contributed by atoms with Gasteiger partial charge in [0.15, 0.2) is 0 Å². The molecule has 0 aliphatic rings. The Morgan fingerprint density at radius 3 is 1.65 bits per heavy atom. The maximum atomic E-state index is 2.52. The van der Waals surface area contributed by atoms with Crippen molar-refractivity contribution < 1.29 is 0 Å². The summed E-state index contributed by atoms with van der Waals surface area (Å²) in [7, 11) is 2.18. The molecule has 0 unspecified atom stereocenters. The molecule has 4 heteroatoms. The number of para-hydroxylation sites is 5. The lowest BCUT2D eigenvalue weighted by atomic mass is 10.0. The molecule has 0 aliphatic carbocycles. The van der Waals surface area contributed by atoms with Crippen LogP contribution in [0.3, 0.4) is 0 Å². The summed E-state index contributed by atoms with van der Waals surface area (Å²) < 4.78 is 9.78. The zero-order valence-corrected chi connectivity index (χ0v) is 29.7. The first-order chi connectivity index (χ1) is 26.7.